The van der Waals surface area contributed by atoms with Gasteiger partial charge in [-0.05, 0) is 57.8 Å². The van der Waals surface area contributed by atoms with Crippen molar-refractivity contribution in [2.75, 3.05) is 13.2 Å². The van der Waals surface area contributed by atoms with Gasteiger partial charge in [-0.15, -0.1) is 0 Å². The molecule has 6 heteroatoms. The lowest BCUT2D eigenvalue weighted by atomic mass is 10.0. The van der Waals surface area contributed by atoms with Crippen LogP contribution in [-0.2, 0) is 14.3 Å². The fourth-order valence-electron chi connectivity index (χ4n) is 10.0. The second-order valence-electron chi connectivity index (χ2n) is 22.1. The van der Waals surface area contributed by atoms with Gasteiger partial charge in [0.2, 0.25) is 5.91 Å². The van der Waals surface area contributed by atoms with Gasteiger partial charge in [0.05, 0.1) is 25.4 Å². The summed E-state index contributed by atoms with van der Waals surface area (Å²) in [5.41, 5.74) is 0. The highest BCUT2D eigenvalue weighted by Gasteiger charge is 2.18. The van der Waals surface area contributed by atoms with Crippen LogP contribution >= 0.6 is 0 Å². The number of amides is 1. The summed E-state index contributed by atoms with van der Waals surface area (Å²) in [6, 6.07) is -0.639. The maximum absolute atomic E-state index is 12.5. The highest BCUT2D eigenvalue weighted by Crippen LogP contribution is 2.18. The summed E-state index contributed by atoms with van der Waals surface area (Å²) in [4.78, 5) is 24.6. The van der Waals surface area contributed by atoms with Crippen molar-refractivity contribution in [3.63, 3.8) is 0 Å². The fourth-order valence-corrected chi connectivity index (χ4v) is 10.0. The van der Waals surface area contributed by atoms with Crippen LogP contribution in [0, 0.1) is 0 Å². The number of allylic oxidation sites excluding steroid dienone is 3. The molecule has 0 bridgehead atoms. The number of hydrogen-bond donors (Lipinski definition) is 3. The maximum Gasteiger partial charge on any atom is 0.305 e. The zero-order valence-corrected chi connectivity index (χ0v) is 48.0. The van der Waals surface area contributed by atoms with Crippen molar-refractivity contribution in [2.45, 2.75) is 366 Å². The van der Waals surface area contributed by atoms with Crippen LogP contribution in [-0.4, -0.2) is 47.4 Å². The van der Waals surface area contributed by atoms with Gasteiger partial charge in [0.15, 0.2) is 0 Å². The normalized spacial score (nSPS) is 12.7. The molecular formula is C65H125NO5. The first-order valence-corrected chi connectivity index (χ1v) is 32.1. The van der Waals surface area contributed by atoms with E-state index in [1.165, 1.54) is 270 Å². The zero-order valence-electron chi connectivity index (χ0n) is 48.0. The van der Waals surface area contributed by atoms with Gasteiger partial charge in [0.1, 0.15) is 0 Å². The van der Waals surface area contributed by atoms with Crippen LogP contribution in [0.15, 0.2) is 24.3 Å². The third-order valence-electron chi connectivity index (χ3n) is 15.0. The second-order valence-corrected chi connectivity index (χ2v) is 22.1. The predicted molar refractivity (Wildman–Crippen MR) is 310 cm³/mol. The van der Waals surface area contributed by atoms with Crippen molar-refractivity contribution in [1.82, 2.24) is 5.32 Å². The minimum atomic E-state index is -0.854. The Morgan fingerprint density at radius 1 is 0.380 bits per heavy atom. The molecule has 6 nitrogen and oxygen atoms in total. The first-order chi connectivity index (χ1) is 35.0. The minimum Gasteiger partial charge on any atom is -0.466 e. The van der Waals surface area contributed by atoms with Gasteiger partial charge in [-0.3, -0.25) is 9.59 Å². The smallest absolute Gasteiger partial charge is 0.305 e. The molecule has 71 heavy (non-hydrogen) atoms. The summed E-state index contributed by atoms with van der Waals surface area (Å²) >= 11 is 0. The van der Waals surface area contributed by atoms with Gasteiger partial charge in [-0.1, -0.05) is 308 Å². The third-order valence-corrected chi connectivity index (χ3v) is 15.0. The molecule has 420 valence electrons. The topological polar surface area (TPSA) is 95.9 Å². The number of esters is 1. The second kappa shape index (κ2) is 60.9. The number of rotatable bonds is 60. The van der Waals surface area contributed by atoms with Crippen LogP contribution in [0.5, 0.6) is 0 Å². The van der Waals surface area contributed by atoms with Gasteiger partial charge < -0.3 is 20.3 Å². The van der Waals surface area contributed by atoms with Crippen LogP contribution in [0.25, 0.3) is 0 Å². The van der Waals surface area contributed by atoms with E-state index in [-0.39, 0.29) is 18.5 Å². The molecule has 0 rings (SSSR count). The number of aliphatic hydroxyl groups excluding tert-OH is 2. The summed E-state index contributed by atoms with van der Waals surface area (Å²) < 4.78 is 5.49. The molecule has 0 aliphatic heterocycles. The van der Waals surface area contributed by atoms with Crippen LogP contribution in [0.2, 0.25) is 0 Å². The average molecular weight is 1000 g/mol. The molecule has 0 fully saturated rings. The van der Waals surface area contributed by atoms with Gasteiger partial charge in [0.25, 0.3) is 0 Å². The highest BCUT2D eigenvalue weighted by molar-refractivity contribution is 5.76. The monoisotopic (exact) mass is 1000 g/mol. The number of nitrogens with one attached hydrogen (secondary N) is 1. The number of unbranched alkanes of at least 4 members (excludes halogenated alkanes) is 47. The molecule has 1 amide bonds. The summed E-state index contributed by atoms with van der Waals surface area (Å²) in [7, 11) is 0. The molecule has 2 unspecified atom stereocenters. The Hall–Kier alpha value is -1.66. The molecule has 0 aliphatic carbocycles. The lowest BCUT2D eigenvalue weighted by Crippen LogP contribution is -2.45. The van der Waals surface area contributed by atoms with Crippen molar-refractivity contribution in [1.29, 1.82) is 0 Å². The summed E-state index contributed by atoms with van der Waals surface area (Å²) in [5, 5.41) is 23.2. The molecule has 0 aliphatic rings. The largest absolute Gasteiger partial charge is 0.466 e. The van der Waals surface area contributed by atoms with E-state index in [1.54, 1.807) is 6.08 Å². The maximum atomic E-state index is 12.5. The number of ether oxygens (including phenoxy) is 1. The van der Waals surface area contributed by atoms with E-state index in [9.17, 15) is 19.8 Å². The Kier molecular flexibility index (Phi) is 59.5. The Labute approximate surface area is 443 Å². The molecule has 0 aromatic heterocycles. The number of carbonyl (C=O) groups is 2. The molecule has 0 aromatic carbocycles. The molecule has 0 saturated carbocycles. The first kappa shape index (κ1) is 69.3. The Morgan fingerprint density at radius 3 is 1.00 bits per heavy atom. The molecule has 2 atom stereocenters. The van der Waals surface area contributed by atoms with E-state index in [0.29, 0.717) is 19.4 Å². The molecule has 0 aromatic rings. The quantitative estimate of drug-likeness (QED) is 0.0320. The molecule has 0 spiro atoms. The van der Waals surface area contributed by atoms with E-state index < -0.39 is 12.1 Å². The summed E-state index contributed by atoms with van der Waals surface area (Å²) in [5.74, 6) is -0.0835. The van der Waals surface area contributed by atoms with Crippen LogP contribution in [0.1, 0.15) is 354 Å². The lowest BCUT2D eigenvalue weighted by Gasteiger charge is -2.20. The van der Waals surface area contributed by atoms with Crippen LogP contribution < -0.4 is 5.32 Å². The predicted octanol–water partition coefficient (Wildman–Crippen LogP) is 20.2. The van der Waals surface area contributed by atoms with E-state index in [1.807, 2.05) is 6.08 Å². The van der Waals surface area contributed by atoms with E-state index >= 15 is 0 Å². The number of carbonyl (C=O) groups excluding carboxylic acids is 2. The van der Waals surface area contributed by atoms with Crippen molar-refractivity contribution in [3.8, 4) is 0 Å². The Balaban J connectivity index is 3.46. The minimum absolute atomic E-state index is 0.00632. The van der Waals surface area contributed by atoms with Crippen molar-refractivity contribution in [3.05, 3.63) is 24.3 Å². The average Bonchev–Trinajstić information content (AvgIpc) is 3.37. The Bertz CT molecular complexity index is 1110. The summed E-state index contributed by atoms with van der Waals surface area (Å²) in [6.07, 6.45) is 75.0. The standard InChI is InChI=1S/C65H125NO5/c1-3-5-7-9-11-13-15-17-19-21-23-24-25-27-28-30-33-37-41-45-49-53-57-63(68)62(61-67)66-64(69)58-54-50-46-42-38-34-32-36-40-44-48-52-56-60-71-65(70)59-55-51-47-43-39-35-31-29-26-22-20-18-16-14-12-10-8-6-4-2/h18,20,53,57,62-63,67-68H,3-17,19,21-52,54-56,58-61H2,1-2H3,(H,66,69)/b20-18-,57-53+. The van der Waals surface area contributed by atoms with Crippen LogP contribution in [0.4, 0.5) is 0 Å². The van der Waals surface area contributed by atoms with Gasteiger partial charge >= 0.3 is 5.97 Å². The van der Waals surface area contributed by atoms with Crippen molar-refractivity contribution < 1.29 is 24.5 Å². The van der Waals surface area contributed by atoms with Gasteiger partial charge in [-0.25, -0.2) is 0 Å². The number of aliphatic hydroxyl groups is 2. The molecule has 0 saturated heterocycles. The Morgan fingerprint density at radius 2 is 0.662 bits per heavy atom. The van der Waals surface area contributed by atoms with E-state index in [0.717, 1.165) is 57.8 Å². The van der Waals surface area contributed by atoms with Crippen LogP contribution in [0.3, 0.4) is 0 Å². The fraction of sp³-hybridized carbons (Fsp3) is 0.908. The first-order valence-electron chi connectivity index (χ1n) is 32.1. The third kappa shape index (κ3) is 57.5. The molecular weight excluding hydrogens is 875 g/mol. The molecule has 3 N–H and O–H groups in total. The van der Waals surface area contributed by atoms with Crippen molar-refractivity contribution >= 4 is 11.9 Å². The van der Waals surface area contributed by atoms with Gasteiger partial charge in [0, 0.05) is 12.8 Å². The molecule has 0 radical (unpaired) electrons. The van der Waals surface area contributed by atoms with Crippen molar-refractivity contribution in [2.24, 2.45) is 0 Å². The zero-order chi connectivity index (χ0) is 51.4. The van der Waals surface area contributed by atoms with Gasteiger partial charge in [-0.2, -0.15) is 0 Å². The summed E-state index contributed by atoms with van der Waals surface area (Å²) in [6.45, 7) is 4.90. The number of hydrogen-bond acceptors (Lipinski definition) is 5. The van der Waals surface area contributed by atoms with E-state index in [2.05, 4.69) is 31.3 Å². The lowest BCUT2D eigenvalue weighted by molar-refractivity contribution is -0.143. The molecule has 0 heterocycles. The van der Waals surface area contributed by atoms with E-state index in [4.69, 9.17) is 4.74 Å². The highest BCUT2D eigenvalue weighted by atomic mass is 16.5. The SMILES string of the molecule is CCCCCCCC/C=C\CCCCCCCCCCCC(=O)OCCCCCCCCCCCCCCCC(=O)NC(CO)C(O)/C=C/CCCCCCCCCCCCCCCCCCCCCC.